The lowest BCUT2D eigenvalue weighted by Crippen LogP contribution is -2.30. The maximum atomic E-state index is 12.9. The fraction of sp³-hybridized carbons (Fsp3) is 0.578. The Balaban J connectivity index is 4.93. The second-order valence-corrected chi connectivity index (χ2v) is 19.8. The number of carbonyl (C=O) groups is 3. The Labute approximate surface area is 461 Å². The van der Waals surface area contributed by atoms with Crippen LogP contribution in [0, 0.1) is 0 Å². The van der Waals surface area contributed by atoms with Gasteiger partial charge in [-0.2, -0.15) is 0 Å². The van der Waals surface area contributed by atoms with Gasteiger partial charge in [0.15, 0.2) is 6.10 Å². The Kier molecular flexibility index (Phi) is 53.1. The number of phosphoric acid groups is 1. The van der Waals surface area contributed by atoms with Crippen LogP contribution in [0.15, 0.2) is 146 Å². The van der Waals surface area contributed by atoms with E-state index in [0.717, 1.165) is 109 Å². The maximum absolute atomic E-state index is 12.9. The quantitative estimate of drug-likeness (QED) is 0.0197. The third-order valence-corrected chi connectivity index (χ3v) is 12.2. The van der Waals surface area contributed by atoms with E-state index in [1.807, 2.05) is 30.4 Å². The van der Waals surface area contributed by atoms with Crippen molar-refractivity contribution in [3.63, 3.8) is 0 Å². The van der Waals surface area contributed by atoms with Crippen LogP contribution in [0.25, 0.3) is 0 Å². The molecule has 0 aromatic rings. The van der Waals surface area contributed by atoms with Crippen molar-refractivity contribution < 1.29 is 52.2 Å². The Hall–Kier alpha value is -4.64. The molecule has 0 aromatic carbocycles. The molecule has 0 amide bonds. The first kappa shape index (κ1) is 71.4. The Morgan fingerprint density at radius 3 is 1.13 bits per heavy atom. The molecule has 0 heterocycles. The second kappa shape index (κ2) is 56.6. The monoisotopic (exact) mass is 1080 g/mol. The molecule has 3 unspecified atom stereocenters. The van der Waals surface area contributed by atoms with Crippen LogP contribution in [0.4, 0.5) is 0 Å². The molecule has 76 heavy (non-hydrogen) atoms. The maximum Gasteiger partial charge on any atom is 0.472 e. The van der Waals surface area contributed by atoms with Gasteiger partial charge >= 0.3 is 25.7 Å². The molecular formula is C64H101O11P. The molecule has 3 atom stereocenters. The van der Waals surface area contributed by atoms with Crippen LogP contribution in [-0.2, 0) is 42.2 Å². The molecule has 0 aromatic heterocycles. The number of hydrogen-bond donors (Lipinski definition) is 2. The summed E-state index contributed by atoms with van der Waals surface area (Å²) in [6, 6.07) is 0. The predicted octanol–water partition coefficient (Wildman–Crippen LogP) is 17.1. The van der Waals surface area contributed by atoms with E-state index in [9.17, 15) is 28.9 Å². The first-order valence-electron chi connectivity index (χ1n) is 28.7. The van der Waals surface area contributed by atoms with Crippen molar-refractivity contribution in [3.8, 4) is 0 Å². The molecule has 0 aliphatic heterocycles. The van der Waals surface area contributed by atoms with Gasteiger partial charge in [0.2, 0.25) is 0 Å². The highest BCUT2D eigenvalue weighted by Gasteiger charge is 2.28. The number of carbonyl (C=O) groups excluding carboxylic acids is 3. The third-order valence-electron chi connectivity index (χ3n) is 11.3. The minimum absolute atomic E-state index is 0.0428. The van der Waals surface area contributed by atoms with Crippen LogP contribution in [0.3, 0.4) is 0 Å². The molecule has 12 heteroatoms. The lowest BCUT2D eigenvalue weighted by molar-refractivity contribution is -0.161. The van der Waals surface area contributed by atoms with Gasteiger partial charge in [0.25, 0.3) is 0 Å². The highest BCUT2D eigenvalue weighted by Crippen LogP contribution is 2.43. The van der Waals surface area contributed by atoms with E-state index in [0.29, 0.717) is 19.3 Å². The van der Waals surface area contributed by atoms with Crippen LogP contribution in [0.2, 0.25) is 0 Å². The highest BCUT2D eigenvalue weighted by atomic mass is 31.2. The van der Waals surface area contributed by atoms with E-state index in [2.05, 4.69) is 136 Å². The zero-order chi connectivity index (χ0) is 55.5. The van der Waals surface area contributed by atoms with Crippen molar-refractivity contribution in [2.75, 3.05) is 26.4 Å². The molecule has 11 nitrogen and oxygen atoms in total. The van der Waals surface area contributed by atoms with Gasteiger partial charge in [-0.25, -0.2) is 4.57 Å². The van der Waals surface area contributed by atoms with E-state index >= 15 is 0 Å². The Morgan fingerprint density at radius 2 is 0.711 bits per heavy atom. The number of esters is 3. The molecule has 0 radical (unpaired) electrons. The molecule has 428 valence electrons. The third kappa shape index (κ3) is 54.2. The van der Waals surface area contributed by atoms with Crippen molar-refractivity contribution in [3.05, 3.63) is 146 Å². The predicted molar refractivity (Wildman–Crippen MR) is 316 cm³/mol. The summed E-state index contributed by atoms with van der Waals surface area (Å²) in [5.41, 5.74) is 0. The molecule has 2 N–H and O–H groups in total. The smallest absolute Gasteiger partial charge is 0.462 e. The van der Waals surface area contributed by atoms with E-state index < -0.39 is 64.4 Å². The van der Waals surface area contributed by atoms with Crippen molar-refractivity contribution in [2.24, 2.45) is 0 Å². The number of unbranched alkanes of at least 4 members (excludes halogenated alkanes) is 10. The van der Waals surface area contributed by atoms with Gasteiger partial charge in [-0.1, -0.05) is 212 Å². The zero-order valence-corrected chi connectivity index (χ0v) is 48.0. The van der Waals surface area contributed by atoms with Gasteiger partial charge in [-0.3, -0.25) is 23.4 Å². The van der Waals surface area contributed by atoms with Crippen LogP contribution in [-0.4, -0.2) is 66.5 Å². The van der Waals surface area contributed by atoms with Crippen molar-refractivity contribution >= 4 is 25.7 Å². The molecule has 0 fully saturated rings. The Morgan fingerprint density at radius 1 is 0.382 bits per heavy atom. The summed E-state index contributed by atoms with van der Waals surface area (Å²) in [6.45, 7) is 4.19. The number of phosphoric ester groups is 1. The lowest BCUT2D eigenvalue weighted by atomic mass is 10.1. The minimum atomic E-state index is -4.79. The largest absolute Gasteiger partial charge is 0.472 e. The average Bonchev–Trinajstić information content (AvgIpc) is 3.41. The summed E-state index contributed by atoms with van der Waals surface area (Å²) in [5, 5.41) is 9.79. The van der Waals surface area contributed by atoms with Crippen molar-refractivity contribution in [1.29, 1.82) is 0 Å². The molecule has 0 aliphatic carbocycles. The molecule has 0 spiro atoms. The average molecular weight is 1080 g/mol. The van der Waals surface area contributed by atoms with Crippen molar-refractivity contribution in [1.82, 2.24) is 0 Å². The van der Waals surface area contributed by atoms with E-state index in [4.69, 9.17) is 23.3 Å². The van der Waals surface area contributed by atoms with E-state index in [-0.39, 0.29) is 19.3 Å². The summed E-state index contributed by atoms with van der Waals surface area (Å²) in [7, 11) is -4.79. The first-order chi connectivity index (χ1) is 37.2. The van der Waals surface area contributed by atoms with Gasteiger partial charge in [0.1, 0.15) is 12.7 Å². The second-order valence-electron chi connectivity index (χ2n) is 18.3. The standard InChI is InChI=1S/C64H101O11P/c1-4-7-10-13-16-19-22-25-27-29-30-32-33-36-38-41-44-47-50-53-62(66)71-57-61(75-64(68)55-52-49-46-43-40-37-34-31-28-26-23-20-17-14-11-8-5-2)59-73-76(69,70)72-58-60(56-65)74-63(67)54-51-48-45-42-39-35-24-21-18-15-12-9-6-3/h7,9-10,12,16-21,25-28,30,32,35-36,38-39,44-45,47-48,60-61,65H,4-6,8,11,13-15,22-24,29,31,33-34,37,40-43,46,49-59H2,1-3H3,(H,69,70)/b10-7-,12-9-,19-16-,20-17-,21-18-,27-25-,28-26-,32-30-,38-36-,39-35-,47-44-,48-45-. The number of hydrogen-bond acceptors (Lipinski definition) is 10. The number of rotatable bonds is 51. The number of ether oxygens (including phenoxy) is 3. The summed E-state index contributed by atoms with van der Waals surface area (Å²) < 4.78 is 39.3. The van der Waals surface area contributed by atoms with Crippen LogP contribution < -0.4 is 0 Å². The highest BCUT2D eigenvalue weighted by molar-refractivity contribution is 7.47. The fourth-order valence-corrected chi connectivity index (χ4v) is 7.74. The Bertz CT molecular complexity index is 1830. The molecule has 0 saturated carbocycles. The van der Waals surface area contributed by atoms with Gasteiger partial charge in [0, 0.05) is 19.3 Å². The van der Waals surface area contributed by atoms with Gasteiger partial charge in [0.05, 0.1) is 19.8 Å². The van der Waals surface area contributed by atoms with Crippen molar-refractivity contribution in [2.45, 2.75) is 213 Å². The molecular weight excluding hydrogens is 976 g/mol. The van der Waals surface area contributed by atoms with Gasteiger partial charge in [-0.05, 0) is 116 Å². The lowest BCUT2D eigenvalue weighted by Gasteiger charge is -2.21. The van der Waals surface area contributed by atoms with Gasteiger partial charge < -0.3 is 24.2 Å². The molecule has 0 aliphatic rings. The van der Waals surface area contributed by atoms with Crippen LogP contribution in [0.5, 0.6) is 0 Å². The summed E-state index contributed by atoms with van der Waals surface area (Å²) in [4.78, 5) is 48.5. The fourth-order valence-electron chi connectivity index (χ4n) is 6.95. The summed E-state index contributed by atoms with van der Waals surface area (Å²) in [6.07, 6.45) is 72.7. The van der Waals surface area contributed by atoms with Crippen LogP contribution in [0.1, 0.15) is 201 Å². The topological polar surface area (TPSA) is 155 Å². The molecule has 0 bridgehead atoms. The summed E-state index contributed by atoms with van der Waals surface area (Å²) in [5.74, 6) is -1.68. The number of allylic oxidation sites excluding steroid dienone is 24. The zero-order valence-electron chi connectivity index (χ0n) is 47.2. The van der Waals surface area contributed by atoms with Gasteiger partial charge in [-0.15, -0.1) is 0 Å². The van der Waals surface area contributed by atoms with Crippen LogP contribution >= 0.6 is 7.82 Å². The first-order valence-corrected chi connectivity index (χ1v) is 30.2. The summed E-state index contributed by atoms with van der Waals surface area (Å²) >= 11 is 0. The normalized spacial score (nSPS) is 14.4. The SMILES string of the molecule is CC/C=C\C/C=C\C/C=C\C/C=C\C/C=C\C/C=C\CCC(=O)OCC(COP(=O)(O)OCC(CO)OC(=O)CC/C=C\C/C=C\C/C=C\C/C=C\CC)OC(=O)CCCCCCCCC/C=C\C/C=C\CCCCC. The minimum Gasteiger partial charge on any atom is -0.462 e. The number of aliphatic hydroxyl groups is 1. The van der Waals surface area contributed by atoms with E-state index in [1.54, 1.807) is 0 Å². The van der Waals surface area contributed by atoms with E-state index in [1.165, 1.54) is 32.1 Å². The number of aliphatic hydroxyl groups excluding tert-OH is 1. The molecule has 0 rings (SSSR count). The molecule has 0 saturated heterocycles.